The summed E-state index contributed by atoms with van der Waals surface area (Å²) in [5.41, 5.74) is 2.45. The molecule has 0 atom stereocenters. The van der Waals surface area contributed by atoms with Crippen molar-refractivity contribution in [2.45, 2.75) is 25.7 Å². The van der Waals surface area contributed by atoms with Gasteiger partial charge in [0.25, 0.3) is 0 Å². The molecule has 0 bridgehead atoms. The van der Waals surface area contributed by atoms with Gasteiger partial charge in [0, 0.05) is 12.6 Å². The van der Waals surface area contributed by atoms with Crippen LogP contribution in [-0.2, 0) is 0 Å². The summed E-state index contributed by atoms with van der Waals surface area (Å²) in [4.78, 5) is 3.80. The van der Waals surface area contributed by atoms with Crippen LogP contribution in [0.5, 0.6) is 0 Å². The summed E-state index contributed by atoms with van der Waals surface area (Å²) < 4.78 is 26.7. The smallest absolute Gasteiger partial charge is 0.178 e. The molecule has 4 nitrogen and oxygen atoms in total. The molecule has 0 spiro atoms. The molecule has 0 unspecified atom stereocenters. The minimum Gasteiger partial charge on any atom is -0.367 e. The Morgan fingerprint density at radius 2 is 1.94 bits per heavy atom. The summed E-state index contributed by atoms with van der Waals surface area (Å²) in [6.45, 7) is 0.706. The first-order valence-corrected chi connectivity index (χ1v) is 6.21. The first-order chi connectivity index (χ1) is 8.64. The van der Waals surface area contributed by atoms with Crippen LogP contribution >= 0.6 is 0 Å². The Bertz CT molecular complexity index is 469. The van der Waals surface area contributed by atoms with Crippen molar-refractivity contribution in [3.8, 4) is 0 Å². The number of nitrogen functional groups attached to an aromatic ring is 1. The molecule has 18 heavy (non-hydrogen) atoms. The Labute approximate surface area is 104 Å². The van der Waals surface area contributed by atoms with Crippen LogP contribution in [0.1, 0.15) is 25.7 Å². The Morgan fingerprint density at radius 3 is 2.50 bits per heavy atom. The maximum atomic E-state index is 13.5. The molecule has 98 valence electrons. The molecule has 2 fully saturated rings. The van der Waals surface area contributed by atoms with Crippen molar-refractivity contribution < 1.29 is 8.78 Å². The molecule has 0 aliphatic heterocycles. The minimum atomic E-state index is -0.788. The molecule has 0 saturated heterocycles. The highest BCUT2D eigenvalue weighted by molar-refractivity contribution is 5.47. The predicted octanol–water partition coefficient (Wildman–Crippen LogP) is 2.25. The number of nitrogens with one attached hydrogen (secondary N) is 2. The van der Waals surface area contributed by atoms with Crippen LogP contribution in [0.2, 0.25) is 0 Å². The van der Waals surface area contributed by atoms with Gasteiger partial charge < -0.3 is 10.7 Å². The summed E-state index contributed by atoms with van der Waals surface area (Å²) in [5.74, 6) is 4.35. The second-order valence-electron chi connectivity index (χ2n) is 5.28. The lowest BCUT2D eigenvalue weighted by molar-refractivity contribution is 0.464. The molecule has 0 radical (unpaired) electrons. The quantitative estimate of drug-likeness (QED) is 0.557. The number of aromatic nitrogens is 1. The van der Waals surface area contributed by atoms with Crippen molar-refractivity contribution in [1.29, 1.82) is 0 Å². The Hall–Kier alpha value is -1.43. The van der Waals surface area contributed by atoms with E-state index in [4.69, 9.17) is 5.84 Å². The van der Waals surface area contributed by atoms with E-state index in [1.165, 1.54) is 25.7 Å². The maximum absolute atomic E-state index is 13.5. The van der Waals surface area contributed by atoms with Gasteiger partial charge in [0.05, 0.1) is 0 Å². The average molecular weight is 254 g/mol. The van der Waals surface area contributed by atoms with Gasteiger partial charge in [-0.15, -0.1) is 0 Å². The second kappa shape index (κ2) is 4.05. The molecule has 6 heteroatoms. The fraction of sp³-hybridized carbons (Fsp3) is 0.583. The van der Waals surface area contributed by atoms with E-state index in [1.54, 1.807) is 0 Å². The lowest BCUT2D eigenvalue weighted by Crippen LogP contribution is -2.20. The van der Waals surface area contributed by atoms with Gasteiger partial charge in [0.1, 0.15) is 0 Å². The number of hydrogen-bond donors (Lipinski definition) is 3. The van der Waals surface area contributed by atoms with Crippen LogP contribution in [0.4, 0.5) is 20.4 Å². The Balaban J connectivity index is 1.72. The van der Waals surface area contributed by atoms with Crippen LogP contribution in [-0.4, -0.2) is 11.5 Å². The van der Waals surface area contributed by atoms with E-state index < -0.39 is 11.6 Å². The van der Waals surface area contributed by atoms with Crippen LogP contribution in [0.15, 0.2) is 6.07 Å². The zero-order valence-electron chi connectivity index (χ0n) is 9.97. The van der Waals surface area contributed by atoms with Gasteiger partial charge in [-0.3, -0.25) is 0 Å². The first-order valence-electron chi connectivity index (χ1n) is 6.21. The number of anilines is 2. The van der Waals surface area contributed by atoms with Gasteiger partial charge in [0.2, 0.25) is 0 Å². The lowest BCUT2D eigenvalue weighted by Gasteiger charge is -2.16. The number of nitrogens with zero attached hydrogens (tertiary/aromatic N) is 1. The Kier molecular flexibility index (Phi) is 2.62. The van der Waals surface area contributed by atoms with Gasteiger partial charge >= 0.3 is 0 Å². The fourth-order valence-electron chi connectivity index (χ4n) is 2.54. The van der Waals surface area contributed by atoms with Gasteiger partial charge in [-0.1, -0.05) is 0 Å². The largest absolute Gasteiger partial charge is 0.367 e. The third-order valence-electron chi connectivity index (χ3n) is 4.01. The molecule has 0 amide bonds. The highest BCUT2D eigenvalue weighted by Crippen LogP contribution is 2.61. The van der Waals surface area contributed by atoms with Crippen LogP contribution in [0, 0.1) is 23.0 Å². The molecule has 1 heterocycles. The first kappa shape index (κ1) is 11.6. The van der Waals surface area contributed by atoms with E-state index in [0.717, 1.165) is 12.0 Å². The third-order valence-corrected chi connectivity index (χ3v) is 4.01. The van der Waals surface area contributed by atoms with Gasteiger partial charge in [-0.05, 0) is 37.0 Å². The van der Waals surface area contributed by atoms with E-state index >= 15 is 0 Å². The zero-order chi connectivity index (χ0) is 12.8. The molecular formula is C12H16F2N4. The summed E-state index contributed by atoms with van der Waals surface area (Å²) in [6.07, 6.45) is 4.93. The van der Waals surface area contributed by atoms with Crippen molar-refractivity contribution in [3.63, 3.8) is 0 Å². The summed E-state index contributed by atoms with van der Waals surface area (Å²) in [5, 5.41) is 2.99. The third kappa shape index (κ3) is 2.01. The molecule has 0 aromatic carbocycles. The summed E-state index contributed by atoms with van der Waals surface area (Å²) in [6, 6.07) is 0.793. The monoisotopic (exact) mass is 254 g/mol. The number of nitrogens with two attached hydrogens (primary N) is 1. The molecular weight excluding hydrogens is 238 g/mol. The van der Waals surface area contributed by atoms with Crippen molar-refractivity contribution in [2.75, 3.05) is 17.3 Å². The number of hydrogen-bond acceptors (Lipinski definition) is 4. The van der Waals surface area contributed by atoms with Crippen molar-refractivity contribution >= 4 is 11.6 Å². The number of halogens is 2. The fourth-order valence-corrected chi connectivity index (χ4v) is 2.54. The number of pyridine rings is 1. The van der Waals surface area contributed by atoms with Gasteiger partial charge in [0.15, 0.2) is 23.3 Å². The molecule has 4 N–H and O–H groups in total. The normalized spacial score (nSPS) is 20.6. The highest BCUT2D eigenvalue weighted by atomic mass is 19.1. The SMILES string of the molecule is NNc1nc(NCC2(C3CC3)CC2)c(F)cc1F. The maximum Gasteiger partial charge on any atom is 0.178 e. The second-order valence-corrected chi connectivity index (χ2v) is 5.28. The number of hydrazine groups is 1. The standard InChI is InChI=1S/C12H16F2N4/c13-8-5-9(14)11(18-15)17-10(8)16-6-12(3-4-12)7-1-2-7/h5,7H,1-4,6,15H2,(H2,16,17,18). The van der Waals surface area contributed by atoms with Crippen molar-refractivity contribution in [3.05, 3.63) is 17.7 Å². The van der Waals surface area contributed by atoms with Crippen molar-refractivity contribution in [2.24, 2.45) is 17.2 Å². The molecule has 2 aliphatic rings. The van der Waals surface area contributed by atoms with E-state index in [0.29, 0.717) is 12.0 Å². The molecule has 2 aliphatic carbocycles. The minimum absolute atomic E-state index is 0.0660. The Morgan fingerprint density at radius 1 is 1.28 bits per heavy atom. The van der Waals surface area contributed by atoms with E-state index in [-0.39, 0.29) is 11.6 Å². The highest BCUT2D eigenvalue weighted by Gasteiger charge is 2.53. The number of rotatable bonds is 5. The van der Waals surface area contributed by atoms with Crippen LogP contribution < -0.4 is 16.6 Å². The topological polar surface area (TPSA) is 63.0 Å². The van der Waals surface area contributed by atoms with Gasteiger partial charge in [-0.2, -0.15) is 0 Å². The zero-order valence-corrected chi connectivity index (χ0v) is 9.97. The molecule has 3 rings (SSSR count). The van der Waals surface area contributed by atoms with E-state index in [1.807, 2.05) is 0 Å². The van der Waals surface area contributed by atoms with E-state index in [2.05, 4.69) is 15.7 Å². The van der Waals surface area contributed by atoms with Crippen LogP contribution in [0.25, 0.3) is 0 Å². The van der Waals surface area contributed by atoms with Crippen LogP contribution in [0.3, 0.4) is 0 Å². The molecule has 1 aromatic heterocycles. The van der Waals surface area contributed by atoms with E-state index in [9.17, 15) is 8.78 Å². The summed E-state index contributed by atoms with van der Waals surface area (Å²) >= 11 is 0. The average Bonchev–Trinajstić information content (AvgIpc) is 3.20. The summed E-state index contributed by atoms with van der Waals surface area (Å²) in [7, 11) is 0. The predicted molar refractivity (Wildman–Crippen MR) is 64.8 cm³/mol. The van der Waals surface area contributed by atoms with Crippen molar-refractivity contribution in [1.82, 2.24) is 4.98 Å². The van der Waals surface area contributed by atoms with Gasteiger partial charge in [-0.25, -0.2) is 19.6 Å². The molecule has 2 saturated carbocycles. The molecule has 1 aromatic rings. The lowest BCUT2D eigenvalue weighted by atomic mass is 10.0.